The van der Waals surface area contributed by atoms with Crippen LogP contribution in [0.1, 0.15) is 5.56 Å². The van der Waals surface area contributed by atoms with E-state index in [9.17, 15) is 0 Å². The molecule has 0 saturated carbocycles. The van der Waals surface area contributed by atoms with Crippen LogP contribution in [-0.2, 0) is 4.55 Å². The number of phenols is 1. The first-order chi connectivity index (χ1) is 10.3. The van der Waals surface area contributed by atoms with Crippen LogP contribution in [-0.4, -0.2) is 25.5 Å². The summed E-state index contributed by atoms with van der Waals surface area (Å²) >= 11 is -0.110. The smallest absolute Gasteiger partial charge is 0.414 e. The first-order valence-corrected chi connectivity index (χ1v) is 8.87. The topological polar surface area (TPSA) is 20.2 Å². The second kappa shape index (κ2) is 9.22. The van der Waals surface area contributed by atoms with E-state index in [4.69, 9.17) is 5.11 Å². The molecule has 3 aromatic rings. The maximum atomic E-state index is 8.63. The predicted octanol–water partition coefficient (Wildman–Crippen LogP) is 3.61. The molecule has 0 aliphatic carbocycles. The molecule has 0 saturated heterocycles. The van der Waals surface area contributed by atoms with Crippen molar-refractivity contribution in [1.29, 1.82) is 0 Å². The number of aromatic hydroxyl groups is 1. The van der Waals surface area contributed by atoms with Crippen molar-refractivity contribution in [3.8, 4) is 5.75 Å². The SMILES string of the molecule is Oc1ccccc1.c1ccc([CH2][Mg][c]2ccccc2)cc1. The van der Waals surface area contributed by atoms with Crippen LogP contribution in [0.3, 0.4) is 0 Å². The minimum absolute atomic E-state index is 0.110. The van der Waals surface area contributed by atoms with Gasteiger partial charge in [0, 0.05) is 0 Å². The summed E-state index contributed by atoms with van der Waals surface area (Å²) in [5.41, 5.74) is 1.48. The molecule has 3 rings (SSSR count). The summed E-state index contributed by atoms with van der Waals surface area (Å²) in [5, 5.41) is 8.63. The number of hydrogen-bond donors (Lipinski definition) is 1. The van der Waals surface area contributed by atoms with Crippen molar-refractivity contribution < 1.29 is 5.11 Å². The molecule has 1 nitrogen and oxygen atoms in total. The molecular weight excluding hydrogens is 269 g/mol. The third-order valence-electron chi connectivity index (χ3n) is 3.14. The zero-order chi connectivity index (χ0) is 14.8. The first kappa shape index (κ1) is 15.6. The normalized spacial score (nSPS) is 9.14. The minimum Gasteiger partial charge on any atom is -0.508 e. The van der Waals surface area contributed by atoms with E-state index in [1.807, 2.05) is 6.07 Å². The molecule has 0 heterocycles. The lowest BCUT2D eigenvalue weighted by atomic mass is 10.2. The maximum absolute atomic E-state index is 8.63. The second-order valence-electron chi connectivity index (χ2n) is 4.81. The molecule has 0 atom stereocenters. The molecule has 0 radical (unpaired) electrons. The van der Waals surface area contributed by atoms with Crippen LogP contribution in [0.4, 0.5) is 0 Å². The quantitative estimate of drug-likeness (QED) is 0.729. The van der Waals surface area contributed by atoms with Crippen molar-refractivity contribution in [2.45, 2.75) is 4.55 Å². The highest BCUT2D eigenvalue weighted by Crippen LogP contribution is 2.02. The molecule has 102 valence electrons. The lowest BCUT2D eigenvalue weighted by molar-refractivity contribution is 0.475. The highest BCUT2D eigenvalue weighted by atomic mass is 24.5. The highest BCUT2D eigenvalue weighted by molar-refractivity contribution is 6.52. The van der Waals surface area contributed by atoms with Crippen molar-refractivity contribution in [1.82, 2.24) is 0 Å². The summed E-state index contributed by atoms with van der Waals surface area (Å²) in [6, 6.07) is 30.3. The Kier molecular flexibility index (Phi) is 6.85. The Bertz CT molecular complexity index is 569. The third-order valence-corrected chi connectivity index (χ3v) is 5.02. The van der Waals surface area contributed by atoms with Gasteiger partial charge in [0.1, 0.15) is 5.75 Å². The van der Waals surface area contributed by atoms with Crippen LogP contribution in [0, 0.1) is 0 Å². The molecule has 3 aromatic carbocycles. The minimum atomic E-state index is -0.110. The van der Waals surface area contributed by atoms with E-state index in [0.29, 0.717) is 5.75 Å². The molecule has 0 aromatic heterocycles. The van der Waals surface area contributed by atoms with Crippen molar-refractivity contribution >= 4 is 24.1 Å². The second-order valence-corrected chi connectivity index (χ2v) is 6.62. The zero-order valence-corrected chi connectivity index (χ0v) is 13.4. The fraction of sp³-hybridized carbons (Fsp3) is 0.0526. The number of phenolic OH excluding ortho intramolecular Hbond substituents is 1. The standard InChI is InChI=1S/C7H7.C6H6O.C6H5.Mg/c1-7-5-3-2-4-6-7;7-6-4-2-1-3-5-6;1-2-4-6-5-3-1;/h2-6H,1H2;1-5,7H;1-5H;. The summed E-state index contributed by atoms with van der Waals surface area (Å²) in [5.74, 6) is 0.322. The van der Waals surface area contributed by atoms with E-state index in [2.05, 4.69) is 60.7 Å². The number of benzene rings is 3. The molecule has 0 aliphatic heterocycles. The fourth-order valence-corrected chi connectivity index (χ4v) is 3.52. The van der Waals surface area contributed by atoms with Crippen molar-refractivity contribution in [3.63, 3.8) is 0 Å². The molecule has 2 heteroatoms. The van der Waals surface area contributed by atoms with Gasteiger partial charge in [0.25, 0.3) is 0 Å². The lowest BCUT2D eigenvalue weighted by Crippen LogP contribution is -2.15. The molecule has 0 amide bonds. The molecule has 21 heavy (non-hydrogen) atoms. The monoisotopic (exact) mass is 286 g/mol. The molecule has 0 fully saturated rings. The summed E-state index contributed by atoms with van der Waals surface area (Å²) in [6.07, 6.45) is 0. The van der Waals surface area contributed by atoms with E-state index in [1.165, 1.54) is 10.1 Å². The number of para-hydroxylation sites is 1. The van der Waals surface area contributed by atoms with Gasteiger partial charge in [0.2, 0.25) is 0 Å². The molecule has 1 N–H and O–H groups in total. The van der Waals surface area contributed by atoms with Crippen LogP contribution in [0.5, 0.6) is 5.75 Å². The third kappa shape index (κ3) is 6.47. The van der Waals surface area contributed by atoms with Gasteiger partial charge in [-0.05, 0) is 12.1 Å². The molecule has 0 aliphatic rings. The van der Waals surface area contributed by atoms with Crippen LogP contribution >= 0.6 is 0 Å². The highest BCUT2D eigenvalue weighted by Gasteiger charge is 1.98. The summed E-state index contributed by atoms with van der Waals surface area (Å²) in [6.45, 7) is 0. The predicted molar refractivity (Wildman–Crippen MR) is 90.1 cm³/mol. The van der Waals surface area contributed by atoms with Crippen molar-refractivity contribution in [2.24, 2.45) is 0 Å². The Balaban J connectivity index is 0.000000194. The Hall–Kier alpha value is -1.77. The van der Waals surface area contributed by atoms with Crippen LogP contribution in [0.2, 0.25) is 0 Å². The molecule has 0 unspecified atom stereocenters. The average Bonchev–Trinajstić information content (AvgIpc) is 2.56. The lowest BCUT2D eigenvalue weighted by Gasteiger charge is -1.99. The molecule has 0 bridgehead atoms. The fourth-order valence-electron chi connectivity index (χ4n) is 2.01. The summed E-state index contributed by atoms with van der Waals surface area (Å²) in [4.78, 5) is 0. The first-order valence-electron chi connectivity index (χ1n) is 7.16. The van der Waals surface area contributed by atoms with Gasteiger partial charge >= 0.3 is 20.4 Å². The van der Waals surface area contributed by atoms with Crippen LogP contribution in [0.15, 0.2) is 91.0 Å². The van der Waals surface area contributed by atoms with Gasteiger partial charge in [-0.1, -0.05) is 84.4 Å². The Morgan fingerprint density at radius 3 is 1.57 bits per heavy atom. The Morgan fingerprint density at radius 2 is 1.10 bits per heavy atom. The number of hydrogen-bond acceptors (Lipinski definition) is 1. The van der Waals surface area contributed by atoms with Gasteiger partial charge in [-0.2, -0.15) is 3.69 Å². The zero-order valence-electron chi connectivity index (χ0n) is 12.0. The Morgan fingerprint density at radius 1 is 0.619 bits per heavy atom. The van der Waals surface area contributed by atoms with Crippen LogP contribution < -0.4 is 3.69 Å². The van der Waals surface area contributed by atoms with Crippen molar-refractivity contribution in [3.05, 3.63) is 96.6 Å². The average molecular weight is 287 g/mol. The Labute approximate surface area is 136 Å². The van der Waals surface area contributed by atoms with Gasteiger partial charge in [-0.15, -0.1) is 4.55 Å². The van der Waals surface area contributed by atoms with E-state index in [1.54, 1.807) is 28.0 Å². The van der Waals surface area contributed by atoms with Gasteiger partial charge in [0.05, 0.1) is 0 Å². The number of rotatable bonds is 3. The van der Waals surface area contributed by atoms with Crippen molar-refractivity contribution in [2.75, 3.05) is 0 Å². The van der Waals surface area contributed by atoms with E-state index < -0.39 is 0 Å². The van der Waals surface area contributed by atoms with E-state index in [0.717, 1.165) is 0 Å². The van der Waals surface area contributed by atoms with Gasteiger partial charge in [-0.25, -0.2) is 0 Å². The van der Waals surface area contributed by atoms with E-state index in [-0.39, 0.29) is 20.4 Å². The molecule has 0 spiro atoms. The van der Waals surface area contributed by atoms with Gasteiger partial charge < -0.3 is 5.11 Å². The summed E-state index contributed by atoms with van der Waals surface area (Å²) < 4.78 is 2.82. The van der Waals surface area contributed by atoms with E-state index >= 15 is 0 Å². The summed E-state index contributed by atoms with van der Waals surface area (Å²) in [7, 11) is 0. The van der Waals surface area contributed by atoms with Gasteiger partial charge in [-0.3, -0.25) is 0 Å². The van der Waals surface area contributed by atoms with Crippen LogP contribution in [0.25, 0.3) is 0 Å². The maximum Gasteiger partial charge on any atom is 0.414 e. The van der Waals surface area contributed by atoms with Gasteiger partial charge in [0.15, 0.2) is 0 Å². The molecular formula is C19H18MgO. The largest absolute Gasteiger partial charge is 0.508 e.